The fraction of sp³-hybridized carbons (Fsp3) is 1.00. The van der Waals surface area contributed by atoms with Crippen molar-refractivity contribution in [2.75, 3.05) is 21.3 Å². The van der Waals surface area contributed by atoms with Crippen LogP contribution in [-0.2, 0) is 22.0 Å². The van der Waals surface area contributed by atoms with E-state index in [9.17, 15) is 0 Å². The fourth-order valence-corrected chi connectivity index (χ4v) is 0.671. The molecular weight excluding hydrogens is 432 g/mol. The Morgan fingerprint density at radius 2 is 1.20 bits per heavy atom. The van der Waals surface area contributed by atoms with Gasteiger partial charge in [0.1, 0.15) is 0 Å². The molecule has 7 heteroatoms. The third-order valence-electron chi connectivity index (χ3n) is 0.447. The Kier molecular flexibility index (Phi) is 20.5. The molecule has 10 heavy (non-hydrogen) atoms. The summed E-state index contributed by atoms with van der Waals surface area (Å²) < 4.78 is 14.0. The van der Waals surface area contributed by atoms with Crippen molar-refractivity contribution in [1.82, 2.24) is 0 Å². The topological polar surface area (TPSA) is 27.7 Å². The van der Waals surface area contributed by atoms with E-state index in [-0.39, 0.29) is 0 Å². The van der Waals surface area contributed by atoms with Gasteiger partial charge >= 0.3 is 57.7 Å². The van der Waals surface area contributed by atoms with Crippen LogP contribution in [-0.4, -0.2) is 21.3 Å². The molecular formula is C3H9CuI2O3P. The molecule has 3 nitrogen and oxygen atoms in total. The minimum absolute atomic E-state index is 1.05. The minimum atomic E-state index is -1.05. The summed E-state index contributed by atoms with van der Waals surface area (Å²) in [5.74, 6) is 0. The van der Waals surface area contributed by atoms with Crippen LogP contribution in [0.4, 0.5) is 0 Å². The van der Waals surface area contributed by atoms with E-state index in [1.807, 2.05) is 0 Å². The molecule has 0 saturated heterocycles. The summed E-state index contributed by atoms with van der Waals surface area (Å²) in [4.78, 5) is 0. The van der Waals surface area contributed by atoms with Crippen LogP contribution in [0.25, 0.3) is 0 Å². The van der Waals surface area contributed by atoms with Crippen molar-refractivity contribution in [2.45, 2.75) is 0 Å². The van der Waals surface area contributed by atoms with E-state index in [4.69, 9.17) is 0 Å². The quantitative estimate of drug-likeness (QED) is 0.383. The number of halogens is 2. The van der Waals surface area contributed by atoms with Gasteiger partial charge in [0.25, 0.3) is 0 Å². The maximum atomic E-state index is 4.67. The Hall–Kier alpha value is 2.29. The van der Waals surface area contributed by atoms with Gasteiger partial charge < -0.3 is 13.6 Å². The molecule has 0 aromatic rings. The zero-order valence-electron chi connectivity index (χ0n) is 5.73. The van der Waals surface area contributed by atoms with Crippen molar-refractivity contribution in [3.05, 3.63) is 0 Å². The van der Waals surface area contributed by atoms with Crippen molar-refractivity contribution >= 4 is 49.3 Å². The predicted molar refractivity (Wildman–Crippen MR) is 56.0 cm³/mol. The second-order valence-electron chi connectivity index (χ2n) is 0.814. The third-order valence-corrected chi connectivity index (χ3v) is 1.34. The molecule has 0 fully saturated rings. The van der Waals surface area contributed by atoms with Gasteiger partial charge in [0.15, 0.2) is 0 Å². The van der Waals surface area contributed by atoms with Gasteiger partial charge in [-0.2, -0.15) is 0 Å². The van der Waals surface area contributed by atoms with Crippen LogP contribution in [0.1, 0.15) is 0 Å². The summed E-state index contributed by atoms with van der Waals surface area (Å²) in [5.41, 5.74) is 0. The van der Waals surface area contributed by atoms with Crippen LogP contribution in [0.3, 0.4) is 0 Å². The van der Waals surface area contributed by atoms with E-state index >= 15 is 0 Å². The molecule has 0 bridgehead atoms. The summed E-state index contributed by atoms with van der Waals surface area (Å²) in [5, 5.41) is 0. The summed E-state index contributed by atoms with van der Waals surface area (Å²) in [6.45, 7) is 0. The maximum absolute atomic E-state index is 4.67. The standard InChI is InChI=1S/C3H9O3P.Cu.2HI/c1-4-7(5-2)6-3;;;/h1-3H3;;2*1H/q;+2;;/p-2. The monoisotopic (exact) mass is 441 g/mol. The predicted octanol–water partition coefficient (Wildman–Crippen LogP) is 2.92. The second kappa shape index (κ2) is 13.9. The number of hydrogen-bond donors (Lipinski definition) is 0. The van der Waals surface area contributed by atoms with E-state index in [2.05, 4.69) is 54.3 Å². The van der Waals surface area contributed by atoms with Crippen molar-refractivity contribution in [1.29, 1.82) is 0 Å². The first-order chi connectivity index (χ1) is 4.76. The molecule has 0 heterocycles. The molecule has 0 saturated carbocycles. The van der Waals surface area contributed by atoms with Gasteiger partial charge in [0, 0.05) is 21.3 Å². The Balaban J connectivity index is 0. The van der Waals surface area contributed by atoms with E-state index < -0.39 is 8.60 Å². The Morgan fingerprint density at radius 3 is 1.20 bits per heavy atom. The van der Waals surface area contributed by atoms with E-state index in [1.165, 1.54) is 0 Å². The molecule has 69 valence electrons. The molecule has 0 atom stereocenters. The normalized spacial score (nSPS) is 9.40. The number of hydrogen-bond acceptors (Lipinski definition) is 3. The second-order valence-corrected chi connectivity index (χ2v) is 10.3. The molecule has 0 rings (SSSR count). The van der Waals surface area contributed by atoms with Crippen LogP contribution >= 0.6 is 49.3 Å². The van der Waals surface area contributed by atoms with Crippen LogP contribution in [0.2, 0.25) is 0 Å². The summed E-state index contributed by atoms with van der Waals surface area (Å²) in [6, 6.07) is 0. The van der Waals surface area contributed by atoms with Crippen LogP contribution in [0, 0.1) is 0 Å². The Labute approximate surface area is 91.6 Å². The fourth-order valence-electron chi connectivity index (χ4n) is 0.224. The molecule has 0 aliphatic rings. The van der Waals surface area contributed by atoms with Gasteiger partial charge in [0.05, 0.1) is 0 Å². The third kappa shape index (κ3) is 12.9. The molecule has 0 N–H and O–H groups in total. The Bertz CT molecular complexity index is 51.5. The summed E-state index contributed by atoms with van der Waals surface area (Å²) in [6.07, 6.45) is 0. The molecule has 0 unspecified atom stereocenters. The van der Waals surface area contributed by atoms with Crippen molar-refractivity contribution < 1.29 is 22.0 Å². The Morgan fingerprint density at radius 1 is 1.00 bits per heavy atom. The van der Waals surface area contributed by atoms with E-state index in [1.54, 1.807) is 29.8 Å². The molecule has 0 aromatic carbocycles. The first-order valence-corrected chi connectivity index (χ1v) is 9.17. The van der Waals surface area contributed by atoms with E-state index in [0.29, 0.717) is 0 Å². The van der Waals surface area contributed by atoms with Crippen LogP contribution < -0.4 is 0 Å². The van der Waals surface area contributed by atoms with Gasteiger partial charge in [-0.05, 0) is 0 Å². The molecule has 0 aliphatic heterocycles. The van der Waals surface area contributed by atoms with Crippen LogP contribution in [0.15, 0.2) is 0 Å². The van der Waals surface area contributed by atoms with Gasteiger partial charge in [-0.1, -0.05) is 0 Å². The van der Waals surface area contributed by atoms with Crippen molar-refractivity contribution in [3.8, 4) is 0 Å². The van der Waals surface area contributed by atoms with Gasteiger partial charge in [-0.25, -0.2) is 0 Å². The zero-order chi connectivity index (χ0) is 8.41. The van der Waals surface area contributed by atoms with Gasteiger partial charge in [-0.15, -0.1) is 0 Å². The molecule has 0 aliphatic carbocycles. The van der Waals surface area contributed by atoms with E-state index in [0.717, 1.165) is 0 Å². The molecule has 0 radical (unpaired) electrons. The average molecular weight is 441 g/mol. The first-order valence-electron chi connectivity index (χ1n) is 2.00. The molecule has 0 amide bonds. The van der Waals surface area contributed by atoms with Gasteiger partial charge in [-0.3, -0.25) is 0 Å². The summed E-state index contributed by atoms with van der Waals surface area (Å²) in [7, 11) is 5.32. The SMILES string of the molecule is COP(OC)OC.[I][Cu][I]. The summed E-state index contributed by atoms with van der Waals surface area (Å²) >= 11 is 4.36. The van der Waals surface area contributed by atoms with Crippen LogP contribution in [0.5, 0.6) is 0 Å². The van der Waals surface area contributed by atoms with Crippen molar-refractivity contribution in [2.24, 2.45) is 0 Å². The number of rotatable bonds is 3. The first kappa shape index (κ1) is 14.8. The molecule has 0 spiro atoms. The molecule has 0 aromatic heterocycles. The average Bonchev–Trinajstić information content (AvgIpc) is 1.93. The zero-order valence-corrected chi connectivity index (χ0v) is 11.9. The van der Waals surface area contributed by atoms with Crippen molar-refractivity contribution in [3.63, 3.8) is 0 Å². The van der Waals surface area contributed by atoms with Gasteiger partial charge in [0.2, 0.25) is 0 Å².